The number of halogens is 1. The number of hydrazine groups is 1. The maximum Gasteiger partial charge on any atom is 0.126 e. The number of hydrogen-bond acceptors (Lipinski definition) is 2. The summed E-state index contributed by atoms with van der Waals surface area (Å²) in [7, 11) is 0. The monoisotopic (exact) mass is 284 g/mol. The fourth-order valence-corrected chi connectivity index (χ4v) is 2.93. The van der Waals surface area contributed by atoms with Crippen LogP contribution >= 0.6 is 0 Å². The van der Waals surface area contributed by atoms with E-state index >= 15 is 0 Å². The summed E-state index contributed by atoms with van der Waals surface area (Å²) >= 11 is 0. The van der Waals surface area contributed by atoms with Gasteiger partial charge in [0.05, 0.1) is 6.04 Å². The van der Waals surface area contributed by atoms with Crippen molar-refractivity contribution < 1.29 is 4.39 Å². The van der Waals surface area contributed by atoms with Crippen molar-refractivity contribution >= 4 is 0 Å². The highest BCUT2D eigenvalue weighted by molar-refractivity contribution is 5.36. The first-order chi connectivity index (χ1) is 10.2. The van der Waals surface area contributed by atoms with E-state index in [4.69, 9.17) is 5.84 Å². The number of rotatable bonds is 4. The minimum Gasteiger partial charge on any atom is -0.271 e. The Morgan fingerprint density at radius 3 is 2.29 bits per heavy atom. The van der Waals surface area contributed by atoms with Crippen LogP contribution in [0.1, 0.15) is 53.5 Å². The van der Waals surface area contributed by atoms with Gasteiger partial charge in [-0.05, 0) is 54.0 Å². The van der Waals surface area contributed by atoms with Gasteiger partial charge < -0.3 is 0 Å². The third-order valence-electron chi connectivity index (χ3n) is 4.53. The first kappa shape index (κ1) is 14.2. The molecule has 3 rings (SSSR count). The molecule has 1 aliphatic carbocycles. The normalized spacial score (nSPS) is 16.5. The lowest BCUT2D eigenvalue weighted by Crippen LogP contribution is -2.29. The number of nitrogens with two attached hydrogens (primary N) is 1. The summed E-state index contributed by atoms with van der Waals surface area (Å²) in [5, 5.41) is 0. The number of nitrogens with one attached hydrogen (secondary N) is 1. The maximum absolute atomic E-state index is 13.4. The minimum absolute atomic E-state index is 0.111. The Labute approximate surface area is 125 Å². The van der Waals surface area contributed by atoms with Crippen LogP contribution in [0.15, 0.2) is 42.5 Å². The standard InChI is InChI=1S/C18H21FN2/c1-12-11-16(9-10-17(12)19)18(21-20)15-7-5-14(6-8-15)13-3-2-4-13/h5-11,13,18,21H,2-4,20H2,1H3. The summed E-state index contributed by atoms with van der Waals surface area (Å²) in [5.74, 6) is 6.26. The predicted octanol–water partition coefficient (Wildman–Crippen LogP) is 3.95. The van der Waals surface area contributed by atoms with Crippen molar-refractivity contribution in [2.24, 2.45) is 5.84 Å². The van der Waals surface area contributed by atoms with E-state index in [2.05, 4.69) is 29.7 Å². The van der Waals surface area contributed by atoms with Gasteiger partial charge in [-0.1, -0.05) is 42.8 Å². The molecule has 1 fully saturated rings. The zero-order chi connectivity index (χ0) is 14.8. The van der Waals surface area contributed by atoms with Crippen LogP contribution in [0.25, 0.3) is 0 Å². The highest BCUT2D eigenvalue weighted by atomic mass is 19.1. The summed E-state index contributed by atoms with van der Waals surface area (Å²) in [6.07, 6.45) is 3.94. The van der Waals surface area contributed by atoms with Crippen LogP contribution in [0.5, 0.6) is 0 Å². The van der Waals surface area contributed by atoms with Crippen molar-refractivity contribution in [2.75, 3.05) is 0 Å². The number of aryl methyl sites for hydroxylation is 1. The predicted molar refractivity (Wildman–Crippen MR) is 83.3 cm³/mol. The van der Waals surface area contributed by atoms with Crippen LogP contribution in [-0.2, 0) is 0 Å². The molecule has 1 unspecified atom stereocenters. The molecular formula is C18H21FN2. The second kappa shape index (κ2) is 5.96. The van der Waals surface area contributed by atoms with E-state index in [9.17, 15) is 4.39 Å². The van der Waals surface area contributed by atoms with Crippen LogP contribution in [0.3, 0.4) is 0 Å². The maximum atomic E-state index is 13.4. The summed E-state index contributed by atoms with van der Waals surface area (Å²) in [4.78, 5) is 0. The molecular weight excluding hydrogens is 263 g/mol. The fourth-order valence-electron chi connectivity index (χ4n) is 2.93. The van der Waals surface area contributed by atoms with Gasteiger partial charge in [0, 0.05) is 0 Å². The van der Waals surface area contributed by atoms with Gasteiger partial charge in [-0.3, -0.25) is 5.84 Å². The Morgan fingerprint density at radius 2 is 1.76 bits per heavy atom. The van der Waals surface area contributed by atoms with Crippen molar-refractivity contribution in [1.82, 2.24) is 5.43 Å². The Bertz CT molecular complexity index is 618. The molecule has 3 N–H and O–H groups in total. The molecule has 3 heteroatoms. The summed E-state index contributed by atoms with van der Waals surface area (Å²) in [6, 6.07) is 13.7. The molecule has 2 nitrogen and oxygen atoms in total. The summed E-state index contributed by atoms with van der Waals surface area (Å²) in [5.41, 5.74) is 6.97. The molecule has 0 saturated heterocycles. The number of benzene rings is 2. The molecule has 1 saturated carbocycles. The van der Waals surface area contributed by atoms with E-state index in [1.807, 2.05) is 6.07 Å². The lowest BCUT2D eigenvalue weighted by molar-refractivity contribution is 0.419. The zero-order valence-electron chi connectivity index (χ0n) is 12.3. The van der Waals surface area contributed by atoms with Gasteiger partial charge in [-0.2, -0.15) is 0 Å². The lowest BCUT2D eigenvalue weighted by Gasteiger charge is -2.26. The number of hydrogen-bond donors (Lipinski definition) is 2. The lowest BCUT2D eigenvalue weighted by atomic mass is 9.79. The van der Waals surface area contributed by atoms with Gasteiger partial charge in [-0.25, -0.2) is 9.82 Å². The summed E-state index contributed by atoms with van der Waals surface area (Å²) in [6.45, 7) is 1.77. The molecule has 21 heavy (non-hydrogen) atoms. The molecule has 0 aromatic heterocycles. The largest absolute Gasteiger partial charge is 0.271 e. The van der Waals surface area contributed by atoms with E-state index < -0.39 is 0 Å². The van der Waals surface area contributed by atoms with Crippen LogP contribution in [-0.4, -0.2) is 0 Å². The van der Waals surface area contributed by atoms with Crippen molar-refractivity contribution in [3.8, 4) is 0 Å². The van der Waals surface area contributed by atoms with Gasteiger partial charge >= 0.3 is 0 Å². The molecule has 0 heterocycles. The Hall–Kier alpha value is -1.71. The van der Waals surface area contributed by atoms with E-state index in [-0.39, 0.29) is 11.9 Å². The van der Waals surface area contributed by atoms with E-state index in [0.717, 1.165) is 17.0 Å². The van der Waals surface area contributed by atoms with Crippen molar-refractivity contribution in [1.29, 1.82) is 0 Å². The SMILES string of the molecule is Cc1cc(C(NN)c2ccc(C3CCC3)cc2)ccc1F. The average molecular weight is 284 g/mol. The van der Waals surface area contributed by atoms with Crippen molar-refractivity contribution in [3.05, 3.63) is 70.5 Å². The Morgan fingerprint density at radius 1 is 1.10 bits per heavy atom. The molecule has 2 aromatic carbocycles. The molecule has 110 valence electrons. The van der Waals surface area contributed by atoms with Gasteiger partial charge in [0.1, 0.15) is 5.82 Å². The van der Waals surface area contributed by atoms with Crippen molar-refractivity contribution in [3.63, 3.8) is 0 Å². The van der Waals surface area contributed by atoms with E-state index in [1.54, 1.807) is 13.0 Å². The van der Waals surface area contributed by atoms with Crippen LogP contribution < -0.4 is 11.3 Å². The van der Waals surface area contributed by atoms with Gasteiger partial charge in [0.15, 0.2) is 0 Å². The Kier molecular flexibility index (Phi) is 4.04. The second-order valence-corrected chi connectivity index (χ2v) is 5.90. The van der Waals surface area contributed by atoms with Crippen LogP contribution in [0, 0.1) is 12.7 Å². The van der Waals surface area contributed by atoms with E-state index in [0.29, 0.717) is 5.56 Å². The molecule has 1 aliphatic rings. The molecule has 0 spiro atoms. The molecule has 0 aliphatic heterocycles. The third kappa shape index (κ3) is 2.85. The van der Waals surface area contributed by atoms with Crippen LogP contribution in [0.4, 0.5) is 4.39 Å². The molecule has 1 atom stereocenters. The fraction of sp³-hybridized carbons (Fsp3) is 0.333. The first-order valence-electron chi connectivity index (χ1n) is 7.51. The topological polar surface area (TPSA) is 38.0 Å². The second-order valence-electron chi connectivity index (χ2n) is 5.90. The van der Waals surface area contributed by atoms with Gasteiger partial charge in [-0.15, -0.1) is 0 Å². The van der Waals surface area contributed by atoms with E-state index in [1.165, 1.54) is 30.9 Å². The Balaban J connectivity index is 1.86. The molecule has 2 aromatic rings. The van der Waals surface area contributed by atoms with Crippen LogP contribution in [0.2, 0.25) is 0 Å². The van der Waals surface area contributed by atoms with Gasteiger partial charge in [0.25, 0.3) is 0 Å². The van der Waals surface area contributed by atoms with Gasteiger partial charge in [0.2, 0.25) is 0 Å². The average Bonchev–Trinajstić information content (AvgIpc) is 2.43. The highest BCUT2D eigenvalue weighted by Crippen LogP contribution is 2.36. The molecule has 0 bridgehead atoms. The first-order valence-corrected chi connectivity index (χ1v) is 7.51. The third-order valence-corrected chi connectivity index (χ3v) is 4.53. The molecule has 0 radical (unpaired) electrons. The molecule has 0 amide bonds. The smallest absolute Gasteiger partial charge is 0.126 e. The minimum atomic E-state index is -0.185. The highest BCUT2D eigenvalue weighted by Gasteiger charge is 2.20. The summed E-state index contributed by atoms with van der Waals surface area (Å²) < 4.78 is 13.4. The quantitative estimate of drug-likeness (QED) is 0.659. The van der Waals surface area contributed by atoms with Crippen molar-refractivity contribution in [2.45, 2.75) is 38.1 Å². The zero-order valence-corrected chi connectivity index (χ0v) is 12.3.